The van der Waals surface area contributed by atoms with Gasteiger partial charge in [-0.15, -0.1) is 0 Å². The number of carbonyl (C=O) groups is 1. The second-order valence-corrected chi connectivity index (χ2v) is 7.97. The number of nitrogens with one attached hydrogen (secondary N) is 1. The second-order valence-electron chi connectivity index (χ2n) is 7.05. The summed E-state index contributed by atoms with van der Waals surface area (Å²) < 4.78 is 6.27. The number of carbonyl (C=O) groups excluding carboxylic acids is 1. The van der Waals surface area contributed by atoms with E-state index in [9.17, 15) is 4.79 Å². The molecule has 2 heterocycles. The first-order valence-corrected chi connectivity index (χ1v) is 10.3. The molecule has 3 aromatic carbocycles. The average Bonchev–Trinajstić information content (AvgIpc) is 3.34. The van der Waals surface area contributed by atoms with Crippen molar-refractivity contribution in [1.29, 1.82) is 0 Å². The summed E-state index contributed by atoms with van der Waals surface area (Å²) in [5.41, 5.74) is 4.98. The van der Waals surface area contributed by atoms with Gasteiger partial charge in [0.1, 0.15) is 11.4 Å². The predicted molar refractivity (Wildman–Crippen MR) is 120 cm³/mol. The molecular weight excluding hydrogens is 442 g/mol. The van der Waals surface area contributed by atoms with Crippen LogP contribution >= 0.6 is 15.9 Å². The Bertz CT molecular complexity index is 1200. The molecule has 30 heavy (non-hydrogen) atoms. The van der Waals surface area contributed by atoms with Gasteiger partial charge in [-0.25, -0.2) is 0 Å². The molecule has 148 valence electrons. The fourth-order valence-electron chi connectivity index (χ4n) is 3.93. The van der Waals surface area contributed by atoms with Crippen molar-refractivity contribution in [2.24, 2.45) is 0 Å². The highest BCUT2D eigenvalue weighted by Gasteiger charge is 2.42. The number of hydrogen-bond donors (Lipinski definition) is 1. The topological polar surface area (TPSA) is 58.2 Å². The van der Waals surface area contributed by atoms with E-state index in [1.54, 1.807) is 7.11 Å². The molecule has 6 heteroatoms. The van der Waals surface area contributed by atoms with Crippen molar-refractivity contribution >= 4 is 27.5 Å². The molecule has 1 atom stereocenters. The fourth-order valence-corrected chi connectivity index (χ4v) is 4.20. The van der Waals surface area contributed by atoms with E-state index in [1.807, 2.05) is 83.8 Å². The number of halogens is 1. The van der Waals surface area contributed by atoms with Crippen LogP contribution in [0.5, 0.6) is 5.75 Å². The van der Waals surface area contributed by atoms with Crippen LogP contribution in [-0.2, 0) is 0 Å². The number of benzene rings is 3. The summed E-state index contributed by atoms with van der Waals surface area (Å²) >= 11 is 3.50. The summed E-state index contributed by atoms with van der Waals surface area (Å²) in [6.45, 7) is 0. The number of nitrogens with zero attached hydrogens (tertiary/aromatic N) is 2. The molecule has 0 saturated carbocycles. The summed E-state index contributed by atoms with van der Waals surface area (Å²) in [5.74, 6) is 0.689. The van der Waals surface area contributed by atoms with Gasteiger partial charge in [0.25, 0.3) is 5.91 Å². The lowest BCUT2D eigenvalue weighted by Crippen LogP contribution is -2.29. The van der Waals surface area contributed by atoms with E-state index in [-0.39, 0.29) is 11.9 Å². The molecule has 0 saturated heterocycles. The van der Waals surface area contributed by atoms with Gasteiger partial charge >= 0.3 is 0 Å². The quantitative estimate of drug-likeness (QED) is 0.432. The van der Waals surface area contributed by atoms with Crippen LogP contribution in [0.4, 0.5) is 5.69 Å². The van der Waals surface area contributed by atoms with Gasteiger partial charge in [-0.05, 0) is 54.1 Å². The summed E-state index contributed by atoms with van der Waals surface area (Å²) in [6, 6.07) is 25.2. The molecule has 0 unspecified atom stereocenters. The van der Waals surface area contributed by atoms with Crippen molar-refractivity contribution in [2.75, 3.05) is 12.0 Å². The normalized spacial score (nSPS) is 15.3. The van der Waals surface area contributed by atoms with Gasteiger partial charge in [0, 0.05) is 21.3 Å². The van der Waals surface area contributed by atoms with Crippen LogP contribution in [0.2, 0.25) is 0 Å². The minimum absolute atomic E-state index is 0.0867. The van der Waals surface area contributed by atoms with E-state index in [1.165, 1.54) is 0 Å². The van der Waals surface area contributed by atoms with Gasteiger partial charge in [-0.2, -0.15) is 5.10 Å². The third kappa shape index (κ3) is 3.00. The maximum atomic E-state index is 13.4. The number of rotatable bonds is 4. The van der Waals surface area contributed by atoms with E-state index < -0.39 is 0 Å². The van der Waals surface area contributed by atoms with Crippen LogP contribution in [0.25, 0.3) is 11.3 Å². The van der Waals surface area contributed by atoms with E-state index in [2.05, 4.69) is 26.1 Å². The SMILES string of the molecule is COc1ccc(-c2n[nH]c3c2[C@@H](c2ccc(Br)cc2)N(c2ccccc2)C3=O)cc1. The van der Waals surface area contributed by atoms with Gasteiger partial charge < -0.3 is 4.74 Å². The van der Waals surface area contributed by atoms with Crippen molar-refractivity contribution in [3.63, 3.8) is 0 Å². The van der Waals surface area contributed by atoms with Crippen molar-refractivity contribution in [3.05, 3.63) is 100 Å². The van der Waals surface area contributed by atoms with Crippen molar-refractivity contribution in [2.45, 2.75) is 6.04 Å². The number of aromatic nitrogens is 2. The average molecular weight is 460 g/mol. The zero-order chi connectivity index (χ0) is 20.7. The lowest BCUT2D eigenvalue weighted by molar-refractivity contribution is 0.0989. The highest BCUT2D eigenvalue weighted by molar-refractivity contribution is 9.10. The summed E-state index contributed by atoms with van der Waals surface area (Å²) in [7, 11) is 1.64. The highest BCUT2D eigenvalue weighted by atomic mass is 79.9. The largest absolute Gasteiger partial charge is 0.497 e. The first kappa shape index (κ1) is 18.6. The Labute approximate surface area is 182 Å². The third-order valence-corrected chi connectivity index (χ3v) is 5.88. The van der Waals surface area contributed by atoms with Gasteiger partial charge in [-0.1, -0.05) is 46.3 Å². The van der Waals surface area contributed by atoms with Gasteiger partial charge in [-0.3, -0.25) is 14.8 Å². The number of aromatic amines is 1. The molecule has 5 nitrogen and oxygen atoms in total. The standard InChI is InChI=1S/C24H18BrN3O2/c1-30-19-13-9-15(10-14-19)21-20-22(27-26-21)24(29)28(18-5-3-2-4-6-18)23(20)16-7-11-17(25)12-8-16/h2-14,23H,1H3,(H,26,27)/t23-/m1/s1. The number of hydrogen-bond acceptors (Lipinski definition) is 3. The monoisotopic (exact) mass is 459 g/mol. The third-order valence-electron chi connectivity index (χ3n) is 5.35. The molecule has 0 radical (unpaired) electrons. The summed E-state index contributed by atoms with van der Waals surface area (Å²) in [4.78, 5) is 15.3. The lowest BCUT2D eigenvalue weighted by atomic mass is 9.96. The Morgan fingerprint density at radius 1 is 0.967 bits per heavy atom. The van der Waals surface area contributed by atoms with Crippen molar-refractivity contribution < 1.29 is 9.53 Å². The molecule has 1 aliphatic rings. The molecule has 1 aromatic heterocycles. The molecule has 1 aliphatic heterocycles. The summed E-state index contributed by atoms with van der Waals surface area (Å²) in [6.07, 6.45) is 0. The summed E-state index contributed by atoms with van der Waals surface area (Å²) in [5, 5.41) is 7.51. The number of anilines is 1. The molecule has 0 spiro atoms. The minimum atomic E-state index is -0.279. The minimum Gasteiger partial charge on any atom is -0.497 e. The predicted octanol–water partition coefficient (Wildman–Crippen LogP) is 5.60. The Hall–Kier alpha value is -3.38. The van der Waals surface area contributed by atoms with Crippen LogP contribution < -0.4 is 9.64 Å². The zero-order valence-corrected chi connectivity index (χ0v) is 17.8. The molecule has 0 aliphatic carbocycles. The Morgan fingerprint density at radius 3 is 2.33 bits per heavy atom. The maximum Gasteiger partial charge on any atom is 0.277 e. The van der Waals surface area contributed by atoms with E-state index in [0.29, 0.717) is 5.69 Å². The molecule has 0 fully saturated rings. The number of ether oxygens (including phenoxy) is 1. The Balaban J connectivity index is 1.70. The molecule has 4 aromatic rings. The fraction of sp³-hybridized carbons (Fsp3) is 0.0833. The van der Waals surface area contributed by atoms with Crippen LogP contribution in [0.3, 0.4) is 0 Å². The molecule has 0 bridgehead atoms. The van der Waals surface area contributed by atoms with Crippen LogP contribution in [0, 0.1) is 0 Å². The van der Waals surface area contributed by atoms with Crippen LogP contribution in [0.1, 0.15) is 27.7 Å². The maximum absolute atomic E-state index is 13.4. The van der Waals surface area contributed by atoms with E-state index in [0.717, 1.165) is 38.3 Å². The first-order chi connectivity index (χ1) is 14.7. The number of fused-ring (bicyclic) bond motifs is 1. The van der Waals surface area contributed by atoms with Crippen LogP contribution in [0.15, 0.2) is 83.3 Å². The number of amides is 1. The number of H-pyrrole nitrogens is 1. The molecule has 5 rings (SSSR count). The highest BCUT2D eigenvalue weighted by Crippen LogP contribution is 2.45. The number of para-hydroxylation sites is 1. The van der Waals surface area contributed by atoms with E-state index in [4.69, 9.17) is 4.74 Å². The lowest BCUT2D eigenvalue weighted by Gasteiger charge is -2.26. The second kappa shape index (κ2) is 7.46. The van der Waals surface area contributed by atoms with E-state index >= 15 is 0 Å². The molecule has 1 N–H and O–H groups in total. The molecular formula is C24H18BrN3O2. The zero-order valence-electron chi connectivity index (χ0n) is 16.2. The van der Waals surface area contributed by atoms with Gasteiger partial charge in [0.2, 0.25) is 0 Å². The molecule has 1 amide bonds. The number of methoxy groups -OCH3 is 1. The van der Waals surface area contributed by atoms with Gasteiger partial charge in [0.05, 0.1) is 18.8 Å². The van der Waals surface area contributed by atoms with Crippen molar-refractivity contribution in [3.8, 4) is 17.0 Å². The Morgan fingerprint density at radius 2 is 1.67 bits per heavy atom. The van der Waals surface area contributed by atoms with Crippen LogP contribution in [-0.4, -0.2) is 23.2 Å². The Kier molecular flexibility index (Phi) is 4.64. The van der Waals surface area contributed by atoms with Crippen molar-refractivity contribution in [1.82, 2.24) is 10.2 Å². The smallest absolute Gasteiger partial charge is 0.277 e. The first-order valence-electron chi connectivity index (χ1n) is 9.54. The van der Waals surface area contributed by atoms with Gasteiger partial charge in [0.15, 0.2) is 0 Å².